The van der Waals surface area contributed by atoms with Gasteiger partial charge in [0.15, 0.2) is 5.13 Å². The second kappa shape index (κ2) is 8.48. The first kappa shape index (κ1) is 17.2. The van der Waals surface area contributed by atoms with Crippen LogP contribution in [0.1, 0.15) is 26.2 Å². The third-order valence-corrected chi connectivity index (χ3v) is 4.63. The van der Waals surface area contributed by atoms with Gasteiger partial charge >= 0.3 is 0 Å². The topological polar surface area (TPSA) is 76.8 Å². The fourth-order valence-corrected chi connectivity index (χ4v) is 3.33. The molecule has 0 atom stereocenters. The molecule has 130 valence electrons. The number of amides is 1. The van der Waals surface area contributed by atoms with E-state index in [0.717, 1.165) is 30.5 Å². The van der Waals surface area contributed by atoms with Crippen molar-refractivity contribution in [1.82, 2.24) is 25.2 Å². The summed E-state index contributed by atoms with van der Waals surface area (Å²) in [6, 6.07) is 9.97. The summed E-state index contributed by atoms with van der Waals surface area (Å²) in [6.45, 7) is 2.90. The number of hydrogen-bond donors (Lipinski definition) is 0. The second-order valence-electron chi connectivity index (χ2n) is 5.64. The average molecular weight is 356 g/mol. The molecule has 0 radical (unpaired) electrons. The van der Waals surface area contributed by atoms with Crippen LogP contribution in [-0.2, 0) is 11.3 Å². The maximum atomic E-state index is 12.7. The summed E-state index contributed by atoms with van der Waals surface area (Å²) in [4.78, 5) is 19.1. The van der Waals surface area contributed by atoms with Crippen molar-refractivity contribution in [3.8, 4) is 11.3 Å². The Morgan fingerprint density at radius 2 is 2.08 bits per heavy atom. The Balaban J connectivity index is 1.78. The predicted molar refractivity (Wildman–Crippen MR) is 97.2 cm³/mol. The zero-order valence-electron chi connectivity index (χ0n) is 14.1. The van der Waals surface area contributed by atoms with E-state index in [2.05, 4.69) is 27.4 Å². The van der Waals surface area contributed by atoms with Crippen LogP contribution in [0.25, 0.3) is 11.3 Å². The molecule has 8 heteroatoms. The third-order valence-electron chi connectivity index (χ3n) is 3.77. The van der Waals surface area contributed by atoms with E-state index in [9.17, 15) is 4.79 Å². The Morgan fingerprint density at radius 3 is 2.80 bits per heavy atom. The number of unbranched alkanes of at least 4 members (excludes halogenated alkanes) is 2. The van der Waals surface area contributed by atoms with Crippen LogP contribution < -0.4 is 4.90 Å². The number of carbonyl (C=O) groups excluding carboxylic acids is 1. The third kappa shape index (κ3) is 4.48. The van der Waals surface area contributed by atoms with Gasteiger partial charge in [0.1, 0.15) is 12.9 Å². The van der Waals surface area contributed by atoms with Crippen molar-refractivity contribution in [3.63, 3.8) is 0 Å². The molecular weight excluding hydrogens is 336 g/mol. The number of rotatable bonds is 8. The van der Waals surface area contributed by atoms with Crippen LogP contribution in [0.3, 0.4) is 0 Å². The van der Waals surface area contributed by atoms with Gasteiger partial charge in [-0.3, -0.25) is 9.69 Å². The minimum Gasteiger partial charge on any atom is -0.286 e. The Kier molecular flexibility index (Phi) is 5.84. The van der Waals surface area contributed by atoms with E-state index in [-0.39, 0.29) is 12.5 Å². The standard InChI is InChI=1S/C17H20N6OS/c1-2-3-7-10-23(16(24)11-22-13-18-20-21-22)17-19-15(12-25-17)14-8-5-4-6-9-14/h4-6,8-9,12-13H,2-3,7,10-11H2,1H3. The van der Waals surface area contributed by atoms with Gasteiger partial charge in [0.2, 0.25) is 0 Å². The van der Waals surface area contributed by atoms with Crippen molar-refractivity contribution in [2.45, 2.75) is 32.7 Å². The number of tetrazole rings is 1. The summed E-state index contributed by atoms with van der Waals surface area (Å²) < 4.78 is 1.43. The number of aromatic nitrogens is 5. The minimum atomic E-state index is -0.0580. The molecule has 0 saturated heterocycles. The summed E-state index contributed by atoms with van der Waals surface area (Å²) in [5.41, 5.74) is 1.93. The predicted octanol–water partition coefficient (Wildman–Crippen LogP) is 3.02. The summed E-state index contributed by atoms with van der Waals surface area (Å²) in [6.07, 6.45) is 4.56. The highest BCUT2D eigenvalue weighted by molar-refractivity contribution is 7.14. The second-order valence-corrected chi connectivity index (χ2v) is 6.48. The van der Waals surface area contributed by atoms with Crippen LogP contribution in [0.15, 0.2) is 42.0 Å². The van der Waals surface area contributed by atoms with E-state index >= 15 is 0 Å². The first-order valence-electron chi connectivity index (χ1n) is 8.30. The molecule has 0 aliphatic heterocycles. The maximum Gasteiger partial charge on any atom is 0.250 e. The molecule has 7 nitrogen and oxygen atoms in total. The van der Waals surface area contributed by atoms with Gasteiger partial charge in [0.05, 0.1) is 5.69 Å². The summed E-state index contributed by atoms with van der Waals surface area (Å²) in [5.74, 6) is -0.0580. The van der Waals surface area contributed by atoms with Crippen LogP contribution in [0.4, 0.5) is 5.13 Å². The van der Waals surface area contributed by atoms with E-state index in [1.807, 2.05) is 35.7 Å². The molecule has 0 saturated carbocycles. The quantitative estimate of drug-likeness (QED) is 0.580. The van der Waals surface area contributed by atoms with Crippen LogP contribution in [0.5, 0.6) is 0 Å². The highest BCUT2D eigenvalue weighted by Gasteiger charge is 2.20. The molecule has 2 aromatic heterocycles. The Labute approximate surface area is 150 Å². The molecule has 3 aromatic rings. The Bertz CT molecular complexity index is 787. The van der Waals surface area contributed by atoms with Crippen LogP contribution in [-0.4, -0.2) is 37.6 Å². The number of nitrogens with zero attached hydrogens (tertiary/aromatic N) is 6. The van der Waals surface area contributed by atoms with Crippen molar-refractivity contribution < 1.29 is 4.79 Å². The van der Waals surface area contributed by atoms with E-state index < -0.39 is 0 Å². The monoisotopic (exact) mass is 356 g/mol. The molecule has 0 spiro atoms. The average Bonchev–Trinajstić information content (AvgIpc) is 3.31. The maximum absolute atomic E-state index is 12.7. The van der Waals surface area contributed by atoms with Crippen LogP contribution >= 0.6 is 11.3 Å². The van der Waals surface area contributed by atoms with Crippen molar-refractivity contribution in [2.24, 2.45) is 0 Å². The molecule has 25 heavy (non-hydrogen) atoms. The zero-order chi connectivity index (χ0) is 17.5. The lowest BCUT2D eigenvalue weighted by molar-refractivity contribution is -0.119. The molecule has 2 heterocycles. The zero-order valence-corrected chi connectivity index (χ0v) is 14.9. The Hall–Kier alpha value is -2.61. The first-order valence-corrected chi connectivity index (χ1v) is 9.18. The minimum absolute atomic E-state index is 0.0580. The van der Waals surface area contributed by atoms with Gasteiger partial charge in [-0.15, -0.1) is 16.4 Å². The molecule has 1 aromatic carbocycles. The molecule has 0 aliphatic carbocycles. The number of benzene rings is 1. The van der Waals surface area contributed by atoms with Gasteiger partial charge in [-0.2, -0.15) is 0 Å². The number of anilines is 1. The fraction of sp³-hybridized carbons (Fsp3) is 0.353. The van der Waals surface area contributed by atoms with Crippen molar-refractivity contribution in [2.75, 3.05) is 11.4 Å². The van der Waals surface area contributed by atoms with Crippen LogP contribution in [0.2, 0.25) is 0 Å². The van der Waals surface area contributed by atoms with E-state index in [1.54, 1.807) is 4.90 Å². The lowest BCUT2D eigenvalue weighted by Gasteiger charge is -2.19. The van der Waals surface area contributed by atoms with E-state index in [0.29, 0.717) is 11.7 Å². The van der Waals surface area contributed by atoms with Crippen molar-refractivity contribution in [3.05, 3.63) is 42.0 Å². The highest BCUT2D eigenvalue weighted by atomic mass is 32.1. The number of carbonyl (C=O) groups is 1. The highest BCUT2D eigenvalue weighted by Crippen LogP contribution is 2.28. The SMILES string of the molecule is CCCCCN(C(=O)Cn1cnnn1)c1nc(-c2ccccc2)cs1. The van der Waals surface area contributed by atoms with Gasteiger partial charge in [-0.25, -0.2) is 9.67 Å². The largest absolute Gasteiger partial charge is 0.286 e. The molecule has 1 amide bonds. The summed E-state index contributed by atoms with van der Waals surface area (Å²) in [5, 5.41) is 13.6. The molecule has 0 unspecified atom stereocenters. The smallest absolute Gasteiger partial charge is 0.250 e. The van der Waals surface area contributed by atoms with Gasteiger partial charge in [-0.1, -0.05) is 50.1 Å². The van der Waals surface area contributed by atoms with Gasteiger partial charge in [0, 0.05) is 17.5 Å². The van der Waals surface area contributed by atoms with Gasteiger partial charge in [0.25, 0.3) is 5.91 Å². The molecule has 3 rings (SSSR count). The summed E-state index contributed by atoms with van der Waals surface area (Å²) in [7, 11) is 0. The normalized spacial score (nSPS) is 10.8. The number of hydrogen-bond acceptors (Lipinski definition) is 6. The first-order chi connectivity index (χ1) is 12.3. The van der Waals surface area contributed by atoms with Gasteiger partial charge in [-0.05, 0) is 16.8 Å². The summed E-state index contributed by atoms with van der Waals surface area (Å²) >= 11 is 1.48. The molecule has 0 fully saturated rings. The van der Waals surface area contributed by atoms with Crippen molar-refractivity contribution >= 4 is 22.4 Å². The molecule has 0 N–H and O–H groups in total. The molecular formula is C17H20N6OS. The molecule has 0 aliphatic rings. The van der Waals surface area contributed by atoms with E-state index in [4.69, 9.17) is 0 Å². The number of thiazole rings is 1. The molecule has 0 bridgehead atoms. The van der Waals surface area contributed by atoms with Crippen molar-refractivity contribution in [1.29, 1.82) is 0 Å². The Morgan fingerprint density at radius 1 is 1.24 bits per heavy atom. The lowest BCUT2D eigenvalue weighted by Crippen LogP contribution is -2.35. The van der Waals surface area contributed by atoms with Gasteiger partial charge < -0.3 is 0 Å². The van der Waals surface area contributed by atoms with E-state index in [1.165, 1.54) is 22.3 Å². The van der Waals surface area contributed by atoms with Crippen LogP contribution in [0, 0.1) is 0 Å². The fourth-order valence-electron chi connectivity index (χ4n) is 2.45. The lowest BCUT2D eigenvalue weighted by atomic mass is 10.2.